The summed E-state index contributed by atoms with van der Waals surface area (Å²) >= 11 is 0. The lowest BCUT2D eigenvalue weighted by atomic mass is 9.95. The zero-order valence-corrected chi connectivity index (χ0v) is 18.9. The predicted octanol–water partition coefficient (Wildman–Crippen LogP) is 7.62. The highest BCUT2D eigenvalue weighted by molar-refractivity contribution is 6.04. The van der Waals surface area contributed by atoms with E-state index in [9.17, 15) is 0 Å². The van der Waals surface area contributed by atoms with Crippen LogP contribution in [0.2, 0.25) is 0 Å². The highest BCUT2D eigenvalue weighted by Gasteiger charge is 2.23. The lowest BCUT2D eigenvalue weighted by Gasteiger charge is -2.11. The first-order chi connectivity index (χ1) is 16.7. The second-order valence-corrected chi connectivity index (χ2v) is 8.53. The van der Waals surface area contributed by atoms with Crippen LogP contribution in [0.5, 0.6) is 5.75 Å². The molecule has 0 amide bonds. The fourth-order valence-electron chi connectivity index (χ4n) is 4.67. The van der Waals surface area contributed by atoms with Crippen molar-refractivity contribution in [3.8, 4) is 28.0 Å². The molecule has 4 aromatic carbocycles. The molecule has 166 valence electrons. The molecular weight excluding hydrogens is 418 g/mol. The van der Waals surface area contributed by atoms with Gasteiger partial charge in [-0.3, -0.25) is 0 Å². The number of allylic oxidation sites excluding steroid dienone is 1. The molecule has 1 aliphatic rings. The van der Waals surface area contributed by atoms with Crippen LogP contribution >= 0.6 is 0 Å². The van der Waals surface area contributed by atoms with Gasteiger partial charge in [0.15, 0.2) is 6.23 Å². The van der Waals surface area contributed by atoms with Crippen molar-refractivity contribution in [1.82, 2.24) is 4.98 Å². The minimum atomic E-state index is -0.158. The third-order valence-electron chi connectivity index (χ3n) is 6.41. The van der Waals surface area contributed by atoms with Crippen LogP contribution in [0.1, 0.15) is 24.3 Å². The first-order valence-corrected chi connectivity index (χ1v) is 11.5. The number of fused-ring (bicyclic) bond motifs is 2. The van der Waals surface area contributed by atoms with Crippen LogP contribution in [0.25, 0.3) is 39.2 Å². The summed E-state index contributed by atoms with van der Waals surface area (Å²) in [7, 11) is 0. The average Bonchev–Trinajstić information content (AvgIpc) is 3.54. The van der Waals surface area contributed by atoms with Crippen LogP contribution in [0.3, 0.4) is 0 Å². The molecule has 4 nitrogen and oxygen atoms in total. The number of anilines is 2. The van der Waals surface area contributed by atoms with Gasteiger partial charge in [-0.15, -0.1) is 0 Å². The Bertz CT molecular complexity index is 1510. The number of rotatable bonds is 4. The maximum atomic E-state index is 6.39. The van der Waals surface area contributed by atoms with Crippen molar-refractivity contribution in [3.63, 3.8) is 0 Å². The Morgan fingerprint density at radius 3 is 2.41 bits per heavy atom. The Labute approximate surface area is 198 Å². The fourth-order valence-corrected chi connectivity index (χ4v) is 4.67. The zero-order valence-electron chi connectivity index (χ0n) is 18.9. The van der Waals surface area contributed by atoms with Gasteiger partial charge in [0.2, 0.25) is 0 Å². The summed E-state index contributed by atoms with van der Waals surface area (Å²) < 4.78 is 6.10. The van der Waals surface area contributed by atoms with Crippen LogP contribution < -0.4 is 15.8 Å². The van der Waals surface area contributed by atoms with E-state index in [1.807, 2.05) is 43.5 Å². The van der Waals surface area contributed by atoms with Gasteiger partial charge in [-0.1, -0.05) is 72.8 Å². The van der Waals surface area contributed by atoms with Gasteiger partial charge in [-0.2, -0.15) is 0 Å². The third-order valence-corrected chi connectivity index (χ3v) is 6.41. The Morgan fingerprint density at radius 2 is 1.62 bits per heavy atom. The number of nitrogen functional groups attached to an aromatic ring is 1. The number of ether oxygens (including phenoxy) is 1. The number of nitrogens with two attached hydrogens (primary N) is 1. The van der Waals surface area contributed by atoms with Crippen molar-refractivity contribution in [2.75, 3.05) is 11.1 Å². The first kappa shape index (κ1) is 20.2. The number of hydrogen-bond donors (Lipinski definition) is 3. The smallest absolute Gasteiger partial charge is 0.196 e. The van der Waals surface area contributed by atoms with Gasteiger partial charge in [0, 0.05) is 17.1 Å². The van der Waals surface area contributed by atoms with E-state index in [1.54, 1.807) is 0 Å². The average molecular weight is 444 g/mol. The molecule has 4 N–H and O–H groups in total. The molecule has 0 radical (unpaired) electrons. The maximum absolute atomic E-state index is 6.39. The third kappa shape index (κ3) is 3.41. The Morgan fingerprint density at radius 1 is 0.853 bits per heavy atom. The Hall–Kier alpha value is -4.44. The lowest BCUT2D eigenvalue weighted by Crippen LogP contribution is -2.09. The Kier molecular flexibility index (Phi) is 4.84. The highest BCUT2D eigenvalue weighted by Crippen LogP contribution is 2.41. The van der Waals surface area contributed by atoms with Gasteiger partial charge in [-0.25, -0.2) is 0 Å². The maximum Gasteiger partial charge on any atom is 0.196 e. The first-order valence-electron chi connectivity index (χ1n) is 11.5. The van der Waals surface area contributed by atoms with Crippen molar-refractivity contribution in [2.45, 2.75) is 13.2 Å². The summed E-state index contributed by atoms with van der Waals surface area (Å²) in [6.07, 6.45) is 5.85. The van der Waals surface area contributed by atoms with Gasteiger partial charge in [-0.05, 0) is 59.0 Å². The molecule has 0 bridgehead atoms. The molecule has 1 unspecified atom stereocenters. The van der Waals surface area contributed by atoms with Crippen LogP contribution in [0.15, 0.2) is 97.2 Å². The fraction of sp³-hybridized carbons (Fsp3) is 0.0667. The molecule has 0 aliphatic carbocycles. The van der Waals surface area contributed by atoms with E-state index < -0.39 is 0 Å². The highest BCUT2D eigenvalue weighted by atomic mass is 16.5. The summed E-state index contributed by atoms with van der Waals surface area (Å²) in [4.78, 5) is 3.30. The second-order valence-electron chi connectivity index (χ2n) is 8.53. The summed E-state index contributed by atoms with van der Waals surface area (Å²) in [6, 6.07) is 29.5. The summed E-state index contributed by atoms with van der Waals surface area (Å²) in [5.41, 5.74) is 15.9. The van der Waals surface area contributed by atoms with Crippen LogP contribution in [0.4, 0.5) is 11.4 Å². The van der Waals surface area contributed by atoms with Crippen LogP contribution in [0, 0.1) is 0 Å². The molecule has 1 atom stereocenters. The van der Waals surface area contributed by atoms with Gasteiger partial charge in [0.1, 0.15) is 5.75 Å². The molecule has 34 heavy (non-hydrogen) atoms. The van der Waals surface area contributed by atoms with Gasteiger partial charge in [0.05, 0.1) is 16.9 Å². The van der Waals surface area contributed by atoms with E-state index in [0.717, 1.165) is 55.8 Å². The second kappa shape index (κ2) is 8.16. The van der Waals surface area contributed by atoms with Crippen molar-refractivity contribution in [3.05, 3.63) is 108 Å². The topological polar surface area (TPSA) is 63.1 Å². The van der Waals surface area contributed by atoms with E-state index in [1.165, 1.54) is 5.56 Å². The van der Waals surface area contributed by atoms with Gasteiger partial charge >= 0.3 is 0 Å². The molecule has 1 aliphatic heterocycles. The standard InChI is InChI=1S/C30H25N3O/c1-2-6-23-17-25(24-15-16-32-29(24)28(23)31)20-11-9-19(10-12-20)22-13-14-27-26(18-22)33-30(34-27)21-7-4-3-5-8-21/h2-18,30,32-33H,31H2,1H3. The molecule has 2 heterocycles. The van der Waals surface area contributed by atoms with E-state index in [-0.39, 0.29) is 6.23 Å². The molecular formula is C30H25N3O. The summed E-state index contributed by atoms with van der Waals surface area (Å²) in [6.45, 7) is 2.01. The number of aromatic nitrogens is 1. The van der Waals surface area contributed by atoms with Crippen molar-refractivity contribution in [2.24, 2.45) is 0 Å². The zero-order chi connectivity index (χ0) is 23.1. The van der Waals surface area contributed by atoms with Gasteiger partial charge in [0.25, 0.3) is 0 Å². The molecule has 0 saturated carbocycles. The normalized spacial score (nSPS) is 14.8. The van der Waals surface area contributed by atoms with Crippen LogP contribution in [-0.4, -0.2) is 4.98 Å². The molecule has 0 saturated heterocycles. The predicted molar refractivity (Wildman–Crippen MR) is 142 cm³/mol. The summed E-state index contributed by atoms with van der Waals surface area (Å²) in [5, 5.41) is 4.62. The molecule has 5 aromatic rings. The van der Waals surface area contributed by atoms with Crippen molar-refractivity contribution >= 4 is 28.4 Å². The van der Waals surface area contributed by atoms with E-state index >= 15 is 0 Å². The molecule has 0 spiro atoms. The van der Waals surface area contributed by atoms with Gasteiger partial charge < -0.3 is 20.8 Å². The SMILES string of the molecule is CC=Cc1cc(-c2ccc(-c3ccc4c(c3)NC(c3ccccc3)O4)cc2)c2cc[nH]c2c1N. The number of benzene rings is 4. The summed E-state index contributed by atoms with van der Waals surface area (Å²) in [5.74, 6) is 0.877. The van der Waals surface area contributed by atoms with Crippen molar-refractivity contribution < 1.29 is 4.74 Å². The minimum Gasteiger partial charge on any atom is -0.464 e. The minimum absolute atomic E-state index is 0.158. The number of hydrogen-bond acceptors (Lipinski definition) is 3. The molecule has 1 aromatic heterocycles. The Balaban J connectivity index is 1.32. The largest absolute Gasteiger partial charge is 0.464 e. The number of H-pyrrole nitrogens is 1. The van der Waals surface area contributed by atoms with Crippen molar-refractivity contribution in [1.29, 1.82) is 0 Å². The molecule has 0 fully saturated rings. The lowest BCUT2D eigenvalue weighted by molar-refractivity contribution is 0.260. The van der Waals surface area contributed by atoms with E-state index in [0.29, 0.717) is 0 Å². The number of aromatic amines is 1. The van der Waals surface area contributed by atoms with E-state index in [4.69, 9.17) is 10.5 Å². The van der Waals surface area contributed by atoms with E-state index in [2.05, 4.69) is 77.0 Å². The molecule has 4 heteroatoms. The monoisotopic (exact) mass is 443 g/mol. The number of nitrogens with one attached hydrogen (secondary N) is 2. The molecule has 6 rings (SSSR count). The quantitative estimate of drug-likeness (QED) is 0.250. The van der Waals surface area contributed by atoms with Crippen LogP contribution in [-0.2, 0) is 0 Å².